The van der Waals surface area contributed by atoms with Gasteiger partial charge in [-0.1, -0.05) is 25.5 Å². The summed E-state index contributed by atoms with van der Waals surface area (Å²) in [6.07, 6.45) is 1.39. The van der Waals surface area contributed by atoms with E-state index in [1.54, 1.807) is 12.1 Å². The lowest BCUT2D eigenvalue weighted by Gasteiger charge is -2.14. The molecule has 108 valence electrons. The van der Waals surface area contributed by atoms with Crippen molar-refractivity contribution < 1.29 is 17.9 Å². The number of sulfonamides is 1. The van der Waals surface area contributed by atoms with Crippen LogP contribution in [-0.2, 0) is 25.9 Å². The summed E-state index contributed by atoms with van der Waals surface area (Å²) in [5, 5.41) is 0. The van der Waals surface area contributed by atoms with Crippen LogP contribution in [0, 0.1) is 0 Å². The average molecular weight is 287 g/mol. The maximum atomic E-state index is 12.0. The van der Waals surface area contributed by atoms with Gasteiger partial charge in [0.25, 0.3) is 0 Å². The van der Waals surface area contributed by atoms with Crippen molar-refractivity contribution in [3.05, 3.63) is 29.8 Å². The van der Waals surface area contributed by atoms with Crippen molar-refractivity contribution >= 4 is 10.0 Å². The Morgan fingerprint density at radius 3 is 2.21 bits per heavy atom. The van der Waals surface area contributed by atoms with E-state index < -0.39 is 16.3 Å². The lowest BCUT2D eigenvalue weighted by atomic mass is 10.1. The van der Waals surface area contributed by atoms with Crippen LogP contribution in [0.3, 0.4) is 0 Å². The van der Waals surface area contributed by atoms with Crippen LogP contribution in [0.1, 0.15) is 18.9 Å². The standard InChI is InChI=1S/C13H21NO4S/c1-4-5-11-6-8-12(9-7-11)19(15,16)14-10-13(17-2)18-3/h6-9,13-14H,4-5,10H2,1-3H3. The zero-order valence-corrected chi connectivity index (χ0v) is 12.4. The van der Waals surface area contributed by atoms with Crippen LogP contribution in [0.2, 0.25) is 0 Å². The third-order valence-corrected chi connectivity index (χ3v) is 4.18. The number of ether oxygens (including phenoxy) is 2. The average Bonchev–Trinajstić information content (AvgIpc) is 2.41. The van der Waals surface area contributed by atoms with E-state index in [9.17, 15) is 8.42 Å². The zero-order valence-electron chi connectivity index (χ0n) is 11.5. The van der Waals surface area contributed by atoms with E-state index in [0.717, 1.165) is 18.4 Å². The monoisotopic (exact) mass is 287 g/mol. The highest BCUT2D eigenvalue weighted by molar-refractivity contribution is 7.89. The maximum Gasteiger partial charge on any atom is 0.240 e. The second-order valence-corrected chi connectivity index (χ2v) is 5.91. The van der Waals surface area contributed by atoms with Crippen LogP contribution < -0.4 is 4.72 Å². The Morgan fingerprint density at radius 1 is 1.16 bits per heavy atom. The largest absolute Gasteiger partial charge is 0.355 e. The molecule has 0 bridgehead atoms. The van der Waals surface area contributed by atoms with Gasteiger partial charge < -0.3 is 9.47 Å². The highest BCUT2D eigenvalue weighted by Gasteiger charge is 2.16. The summed E-state index contributed by atoms with van der Waals surface area (Å²) >= 11 is 0. The molecule has 19 heavy (non-hydrogen) atoms. The molecule has 0 unspecified atom stereocenters. The first-order chi connectivity index (χ1) is 9.03. The first-order valence-corrected chi connectivity index (χ1v) is 7.66. The van der Waals surface area contributed by atoms with Crippen molar-refractivity contribution in [1.82, 2.24) is 4.72 Å². The normalized spacial score (nSPS) is 12.0. The highest BCUT2D eigenvalue weighted by Crippen LogP contribution is 2.11. The molecule has 0 atom stereocenters. The Morgan fingerprint density at radius 2 is 1.74 bits per heavy atom. The summed E-state index contributed by atoms with van der Waals surface area (Å²) < 4.78 is 36.3. The van der Waals surface area contributed by atoms with E-state index in [4.69, 9.17) is 9.47 Å². The van der Waals surface area contributed by atoms with Gasteiger partial charge in [0.2, 0.25) is 10.0 Å². The lowest BCUT2D eigenvalue weighted by molar-refractivity contribution is -0.0960. The van der Waals surface area contributed by atoms with Gasteiger partial charge in [-0.25, -0.2) is 13.1 Å². The molecule has 0 aliphatic heterocycles. The number of rotatable bonds is 8. The Balaban J connectivity index is 2.71. The van der Waals surface area contributed by atoms with E-state index in [0.29, 0.717) is 0 Å². The fourth-order valence-electron chi connectivity index (χ4n) is 1.65. The van der Waals surface area contributed by atoms with Crippen molar-refractivity contribution in [2.75, 3.05) is 20.8 Å². The molecule has 0 radical (unpaired) electrons. The highest BCUT2D eigenvalue weighted by atomic mass is 32.2. The Labute approximate surface area is 115 Å². The second-order valence-electron chi connectivity index (χ2n) is 4.15. The molecule has 0 aliphatic rings. The number of nitrogens with one attached hydrogen (secondary N) is 1. The fraction of sp³-hybridized carbons (Fsp3) is 0.538. The van der Waals surface area contributed by atoms with E-state index in [1.165, 1.54) is 14.2 Å². The molecule has 5 nitrogen and oxygen atoms in total. The number of hydrogen-bond donors (Lipinski definition) is 1. The summed E-state index contributed by atoms with van der Waals surface area (Å²) in [5.74, 6) is 0. The molecule has 1 aromatic carbocycles. The molecule has 1 aromatic rings. The van der Waals surface area contributed by atoms with Crippen molar-refractivity contribution in [2.24, 2.45) is 0 Å². The van der Waals surface area contributed by atoms with Gasteiger partial charge in [0.15, 0.2) is 6.29 Å². The molecule has 1 N–H and O–H groups in total. The minimum absolute atomic E-state index is 0.0754. The van der Waals surface area contributed by atoms with Gasteiger partial charge in [-0.15, -0.1) is 0 Å². The van der Waals surface area contributed by atoms with Gasteiger partial charge in [0, 0.05) is 14.2 Å². The van der Waals surface area contributed by atoms with Gasteiger partial charge in [-0.2, -0.15) is 0 Å². The van der Waals surface area contributed by atoms with Gasteiger partial charge in [0.05, 0.1) is 11.4 Å². The van der Waals surface area contributed by atoms with Crippen molar-refractivity contribution in [1.29, 1.82) is 0 Å². The van der Waals surface area contributed by atoms with Crippen LogP contribution >= 0.6 is 0 Å². The minimum Gasteiger partial charge on any atom is -0.355 e. The smallest absolute Gasteiger partial charge is 0.240 e. The molecule has 1 rings (SSSR count). The molecular weight excluding hydrogens is 266 g/mol. The van der Waals surface area contributed by atoms with E-state index in [2.05, 4.69) is 11.6 Å². The number of methoxy groups -OCH3 is 2. The second kappa shape index (κ2) is 7.59. The quantitative estimate of drug-likeness (QED) is 0.737. The summed E-state index contributed by atoms with van der Waals surface area (Å²) in [6.45, 7) is 2.16. The van der Waals surface area contributed by atoms with Crippen LogP contribution in [0.15, 0.2) is 29.2 Å². The SMILES string of the molecule is CCCc1ccc(S(=O)(=O)NCC(OC)OC)cc1. The fourth-order valence-corrected chi connectivity index (χ4v) is 2.66. The Hall–Kier alpha value is -0.950. The van der Waals surface area contributed by atoms with E-state index in [-0.39, 0.29) is 11.4 Å². The zero-order chi connectivity index (χ0) is 14.3. The molecule has 0 fully saturated rings. The van der Waals surface area contributed by atoms with Gasteiger partial charge >= 0.3 is 0 Å². The van der Waals surface area contributed by atoms with Crippen LogP contribution in [0.5, 0.6) is 0 Å². The minimum atomic E-state index is -3.52. The van der Waals surface area contributed by atoms with Crippen LogP contribution in [-0.4, -0.2) is 35.5 Å². The third-order valence-electron chi connectivity index (χ3n) is 2.74. The first kappa shape index (κ1) is 16.1. The molecular formula is C13H21NO4S. The van der Waals surface area contributed by atoms with Crippen molar-refractivity contribution in [3.8, 4) is 0 Å². The number of aryl methyl sites for hydroxylation is 1. The summed E-state index contributed by atoms with van der Waals surface area (Å²) in [6, 6.07) is 6.90. The molecule has 6 heteroatoms. The molecule has 0 heterocycles. The summed E-state index contributed by atoms with van der Waals surface area (Å²) in [5.41, 5.74) is 1.13. The van der Waals surface area contributed by atoms with Gasteiger partial charge in [-0.05, 0) is 24.1 Å². The van der Waals surface area contributed by atoms with Crippen molar-refractivity contribution in [2.45, 2.75) is 31.0 Å². The molecule has 0 spiro atoms. The van der Waals surface area contributed by atoms with Crippen LogP contribution in [0.4, 0.5) is 0 Å². The predicted octanol–water partition coefficient (Wildman–Crippen LogP) is 1.54. The number of benzene rings is 1. The lowest BCUT2D eigenvalue weighted by Crippen LogP contribution is -2.34. The third kappa shape index (κ3) is 4.91. The van der Waals surface area contributed by atoms with E-state index in [1.807, 2.05) is 12.1 Å². The predicted molar refractivity (Wildman–Crippen MR) is 73.4 cm³/mol. The summed E-state index contributed by atoms with van der Waals surface area (Å²) in [4.78, 5) is 0.248. The van der Waals surface area contributed by atoms with Crippen LogP contribution in [0.25, 0.3) is 0 Å². The maximum absolute atomic E-state index is 12.0. The Bertz CT molecular complexity index is 466. The molecule has 0 aromatic heterocycles. The molecule has 0 amide bonds. The number of hydrogen-bond acceptors (Lipinski definition) is 4. The topological polar surface area (TPSA) is 64.6 Å². The van der Waals surface area contributed by atoms with Gasteiger partial charge in [-0.3, -0.25) is 0 Å². The van der Waals surface area contributed by atoms with Crippen molar-refractivity contribution in [3.63, 3.8) is 0 Å². The van der Waals surface area contributed by atoms with E-state index >= 15 is 0 Å². The molecule has 0 saturated heterocycles. The first-order valence-electron chi connectivity index (χ1n) is 6.17. The summed E-state index contributed by atoms with van der Waals surface area (Å²) in [7, 11) is -0.597. The Kier molecular flexibility index (Phi) is 6.44. The molecule has 0 aliphatic carbocycles. The van der Waals surface area contributed by atoms with Gasteiger partial charge in [0.1, 0.15) is 0 Å². The molecule has 0 saturated carbocycles.